The van der Waals surface area contributed by atoms with Gasteiger partial charge in [0.2, 0.25) is 5.91 Å². The fourth-order valence-electron chi connectivity index (χ4n) is 1.42. The molecule has 1 aromatic carbocycles. The van der Waals surface area contributed by atoms with Gasteiger partial charge >= 0.3 is 0 Å². The lowest BCUT2D eigenvalue weighted by Crippen LogP contribution is -2.38. The van der Waals surface area contributed by atoms with Crippen LogP contribution >= 0.6 is 12.2 Å². The number of hydrogen-bond donors (Lipinski definition) is 2. The normalized spacial score (nSPS) is 10.2. The molecule has 0 aliphatic rings. The zero-order valence-corrected chi connectivity index (χ0v) is 10.7. The minimum Gasteiger partial charge on any atom is -0.392 e. The van der Waals surface area contributed by atoms with Gasteiger partial charge in [0.1, 0.15) is 0 Å². The number of carbonyl (C=O) groups is 1. The van der Waals surface area contributed by atoms with Crippen molar-refractivity contribution in [2.24, 2.45) is 5.73 Å². The predicted molar refractivity (Wildman–Crippen MR) is 72.6 cm³/mol. The fourth-order valence-corrected chi connectivity index (χ4v) is 1.64. The van der Waals surface area contributed by atoms with Crippen LogP contribution in [0.3, 0.4) is 0 Å². The number of rotatable bonds is 6. The maximum absolute atomic E-state index is 11.6. The minimum absolute atomic E-state index is 0.0346. The van der Waals surface area contributed by atoms with E-state index in [1.54, 1.807) is 11.9 Å². The van der Waals surface area contributed by atoms with Crippen LogP contribution in [0.4, 0.5) is 0 Å². The number of benzene rings is 1. The fraction of sp³-hybridized carbons (Fsp3) is 0.333. The standard InChI is InChI=1S/C12H17N3OS/c1-15(8-11(13)17)9-12(16)14-7-10-5-3-2-4-6-10/h2-6H,7-9H2,1H3,(H2,13,17)(H,14,16). The molecule has 0 saturated carbocycles. The third-order valence-electron chi connectivity index (χ3n) is 2.17. The molecule has 1 rings (SSSR count). The molecular weight excluding hydrogens is 234 g/mol. The van der Waals surface area contributed by atoms with Gasteiger partial charge in [-0.3, -0.25) is 9.69 Å². The van der Waals surface area contributed by atoms with Crippen LogP contribution in [-0.4, -0.2) is 35.9 Å². The first kappa shape index (κ1) is 13.6. The Balaban J connectivity index is 2.28. The Morgan fingerprint density at radius 2 is 2.00 bits per heavy atom. The van der Waals surface area contributed by atoms with Gasteiger partial charge in [-0.15, -0.1) is 0 Å². The van der Waals surface area contributed by atoms with E-state index in [4.69, 9.17) is 18.0 Å². The van der Waals surface area contributed by atoms with Gasteiger partial charge in [0.15, 0.2) is 0 Å². The molecule has 17 heavy (non-hydrogen) atoms. The summed E-state index contributed by atoms with van der Waals surface area (Å²) in [5.74, 6) is -0.0346. The highest BCUT2D eigenvalue weighted by atomic mass is 32.1. The first-order valence-electron chi connectivity index (χ1n) is 5.35. The van der Waals surface area contributed by atoms with Crippen molar-refractivity contribution in [2.45, 2.75) is 6.54 Å². The molecule has 1 amide bonds. The highest BCUT2D eigenvalue weighted by Gasteiger charge is 2.06. The van der Waals surface area contributed by atoms with Gasteiger partial charge in [0.05, 0.1) is 11.5 Å². The van der Waals surface area contributed by atoms with Gasteiger partial charge in [-0.25, -0.2) is 0 Å². The number of amides is 1. The minimum atomic E-state index is -0.0346. The Kier molecular flexibility index (Phi) is 5.59. The quantitative estimate of drug-likeness (QED) is 0.724. The molecule has 1 aromatic rings. The summed E-state index contributed by atoms with van der Waals surface area (Å²) < 4.78 is 0. The molecule has 92 valence electrons. The Morgan fingerprint density at radius 1 is 1.35 bits per heavy atom. The van der Waals surface area contributed by atoms with Crippen LogP contribution < -0.4 is 11.1 Å². The Hall–Kier alpha value is -1.46. The van der Waals surface area contributed by atoms with Crippen LogP contribution in [0.1, 0.15) is 5.56 Å². The van der Waals surface area contributed by atoms with Crippen LogP contribution in [0.5, 0.6) is 0 Å². The van der Waals surface area contributed by atoms with Crippen molar-refractivity contribution < 1.29 is 4.79 Å². The number of carbonyl (C=O) groups excluding carboxylic acids is 1. The molecule has 0 unspecified atom stereocenters. The van der Waals surface area contributed by atoms with E-state index in [-0.39, 0.29) is 5.91 Å². The van der Waals surface area contributed by atoms with E-state index in [2.05, 4.69) is 5.32 Å². The molecule has 0 bridgehead atoms. The van der Waals surface area contributed by atoms with Gasteiger partial charge in [-0.1, -0.05) is 42.5 Å². The second-order valence-corrected chi connectivity index (χ2v) is 4.43. The Morgan fingerprint density at radius 3 is 2.59 bits per heavy atom. The van der Waals surface area contributed by atoms with Gasteiger partial charge in [0.25, 0.3) is 0 Å². The summed E-state index contributed by atoms with van der Waals surface area (Å²) in [7, 11) is 1.81. The number of nitrogens with zero attached hydrogens (tertiary/aromatic N) is 1. The maximum atomic E-state index is 11.6. The summed E-state index contributed by atoms with van der Waals surface area (Å²) in [6, 6.07) is 9.78. The number of nitrogens with two attached hydrogens (primary N) is 1. The largest absolute Gasteiger partial charge is 0.392 e. The van der Waals surface area contributed by atoms with Gasteiger partial charge < -0.3 is 11.1 Å². The van der Waals surface area contributed by atoms with E-state index in [1.807, 2.05) is 30.3 Å². The zero-order chi connectivity index (χ0) is 12.7. The summed E-state index contributed by atoms with van der Waals surface area (Å²) >= 11 is 4.77. The summed E-state index contributed by atoms with van der Waals surface area (Å²) in [4.78, 5) is 13.7. The van der Waals surface area contributed by atoms with Crippen molar-refractivity contribution in [2.75, 3.05) is 20.1 Å². The molecule has 0 aliphatic heterocycles. The first-order chi connectivity index (χ1) is 8.08. The van der Waals surface area contributed by atoms with Crippen molar-refractivity contribution >= 4 is 23.1 Å². The molecule has 0 saturated heterocycles. The average Bonchev–Trinajstić information content (AvgIpc) is 2.26. The zero-order valence-electron chi connectivity index (χ0n) is 9.85. The topological polar surface area (TPSA) is 58.4 Å². The molecule has 0 aromatic heterocycles. The number of hydrogen-bond acceptors (Lipinski definition) is 3. The smallest absolute Gasteiger partial charge is 0.234 e. The van der Waals surface area contributed by atoms with Gasteiger partial charge in [-0.2, -0.15) is 0 Å². The Labute approximate surface area is 107 Å². The van der Waals surface area contributed by atoms with Crippen molar-refractivity contribution in [1.29, 1.82) is 0 Å². The lowest BCUT2D eigenvalue weighted by atomic mass is 10.2. The van der Waals surface area contributed by atoms with E-state index < -0.39 is 0 Å². The lowest BCUT2D eigenvalue weighted by Gasteiger charge is -2.15. The summed E-state index contributed by atoms with van der Waals surface area (Å²) in [6.45, 7) is 1.29. The first-order valence-corrected chi connectivity index (χ1v) is 5.76. The average molecular weight is 251 g/mol. The van der Waals surface area contributed by atoms with Crippen molar-refractivity contribution in [3.05, 3.63) is 35.9 Å². The molecule has 4 nitrogen and oxygen atoms in total. The molecule has 0 aliphatic carbocycles. The Bertz CT molecular complexity index is 381. The van der Waals surface area contributed by atoms with Gasteiger partial charge in [-0.05, 0) is 12.6 Å². The van der Waals surface area contributed by atoms with E-state index in [9.17, 15) is 4.79 Å². The molecule has 0 spiro atoms. The van der Waals surface area contributed by atoms with E-state index >= 15 is 0 Å². The third-order valence-corrected chi connectivity index (χ3v) is 2.30. The molecule has 0 fully saturated rings. The third kappa shape index (κ3) is 5.99. The summed E-state index contributed by atoms with van der Waals surface area (Å²) in [6.07, 6.45) is 0. The van der Waals surface area contributed by atoms with Crippen LogP contribution in [0.25, 0.3) is 0 Å². The van der Waals surface area contributed by atoms with E-state index in [1.165, 1.54) is 0 Å². The number of likely N-dealkylation sites (N-methyl/N-ethyl adjacent to an activating group) is 1. The van der Waals surface area contributed by atoms with E-state index in [0.717, 1.165) is 5.56 Å². The summed E-state index contributed by atoms with van der Waals surface area (Å²) in [5, 5.41) is 2.84. The maximum Gasteiger partial charge on any atom is 0.234 e. The molecule has 5 heteroatoms. The second kappa shape index (κ2) is 6.98. The van der Waals surface area contributed by atoms with Crippen LogP contribution in [0.15, 0.2) is 30.3 Å². The SMILES string of the molecule is CN(CC(=O)NCc1ccccc1)CC(N)=S. The molecule has 3 N–H and O–H groups in total. The van der Waals surface area contributed by atoms with Crippen molar-refractivity contribution in [3.63, 3.8) is 0 Å². The predicted octanol–water partition coefficient (Wildman–Crippen LogP) is 0.521. The second-order valence-electron chi connectivity index (χ2n) is 3.90. The molecular formula is C12H17N3OS. The highest BCUT2D eigenvalue weighted by Crippen LogP contribution is 1.97. The van der Waals surface area contributed by atoms with Gasteiger partial charge in [0, 0.05) is 13.1 Å². The molecule has 0 radical (unpaired) electrons. The summed E-state index contributed by atoms with van der Waals surface area (Å²) in [5.41, 5.74) is 6.47. The number of thiocarbonyl (C=S) groups is 1. The van der Waals surface area contributed by atoms with Crippen molar-refractivity contribution in [1.82, 2.24) is 10.2 Å². The van der Waals surface area contributed by atoms with Crippen LogP contribution in [0, 0.1) is 0 Å². The lowest BCUT2D eigenvalue weighted by molar-refractivity contribution is -0.121. The molecule has 0 heterocycles. The van der Waals surface area contributed by atoms with E-state index in [0.29, 0.717) is 24.6 Å². The monoisotopic (exact) mass is 251 g/mol. The van der Waals surface area contributed by atoms with Crippen LogP contribution in [0.2, 0.25) is 0 Å². The van der Waals surface area contributed by atoms with Crippen LogP contribution in [-0.2, 0) is 11.3 Å². The van der Waals surface area contributed by atoms with Crippen molar-refractivity contribution in [3.8, 4) is 0 Å². The molecule has 0 atom stereocenters. The highest BCUT2D eigenvalue weighted by molar-refractivity contribution is 7.80. The number of nitrogens with one attached hydrogen (secondary N) is 1.